The van der Waals surface area contributed by atoms with E-state index in [1.165, 1.54) is 0 Å². The van der Waals surface area contributed by atoms with E-state index in [9.17, 15) is 14.7 Å². The number of carboxylic acid groups (broad SMARTS) is 1. The first-order chi connectivity index (χ1) is 15.9. The highest BCUT2D eigenvalue weighted by Gasteiger charge is 2.23. The first-order valence-electron chi connectivity index (χ1n) is 10.6. The summed E-state index contributed by atoms with van der Waals surface area (Å²) in [6, 6.07) is 10.1. The molecule has 0 spiro atoms. The van der Waals surface area contributed by atoms with Crippen molar-refractivity contribution in [3.05, 3.63) is 53.2 Å². The molecule has 3 aromatic rings. The average molecular weight is 451 g/mol. The molecule has 0 saturated carbocycles. The molecule has 4 rings (SSSR count). The van der Waals surface area contributed by atoms with E-state index in [0.717, 1.165) is 0 Å². The van der Waals surface area contributed by atoms with Crippen LogP contribution in [0.1, 0.15) is 39.8 Å². The van der Waals surface area contributed by atoms with Gasteiger partial charge in [0.1, 0.15) is 31.1 Å². The number of nitrogens with two attached hydrogens (primary N) is 1. The summed E-state index contributed by atoms with van der Waals surface area (Å²) in [4.78, 5) is 28.9. The highest BCUT2D eigenvalue weighted by Crippen LogP contribution is 2.35. The van der Waals surface area contributed by atoms with Crippen LogP contribution < -0.4 is 25.3 Å². The van der Waals surface area contributed by atoms with Crippen molar-refractivity contribution in [2.45, 2.75) is 26.3 Å². The van der Waals surface area contributed by atoms with E-state index in [2.05, 4.69) is 10.3 Å². The minimum absolute atomic E-state index is 0.0463. The number of carbonyl (C=O) groups excluding carboxylic acids is 1. The lowest BCUT2D eigenvalue weighted by molar-refractivity contribution is 0.0696. The normalized spacial score (nSPS) is 13.4. The van der Waals surface area contributed by atoms with Gasteiger partial charge < -0.3 is 30.4 Å². The number of amides is 1. The maximum Gasteiger partial charge on any atom is 0.339 e. The summed E-state index contributed by atoms with van der Waals surface area (Å²) < 4.78 is 17.2. The molecular weight excluding hydrogens is 426 g/mol. The van der Waals surface area contributed by atoms with E-state index in [1.54, 1.807) is 43.3 Å². The smallest absolute Gasteiger partial charge is 0.339 e. The van der Waals surface area contributed by atoms with Crippen LogP contribution in [0.5, 0.6) is 17.2 Å². The number of benzene rings is 2. The number of hydrogen-bond donors (Lipinski definition) is 3. The van der Waals surface area contributed by atoms with Gasteiger partial charge in [-0.1, -0.05) is 19.1 Å². The number of aryl methyl sites for hydroxylation is 1. The number of fused-ring (bicyclic) bond motifs is 2. The Labute approximate surface area is 190 Å². The molecule has 0 bridgehead atoms. The number of pyridine rings is 1. The molecule has 1 amide bonds. The van der Waals surface area contributed by atoms with Crippen LogP contribution in [0.15, 0.2) is 36.4 Å². The van der Waals surface area contributed by atoms with Gasteiger partial charge in [0, 0.05) is 0 Å². The highest BCUT2D eigenvalue weighted by atomic mass is 16.6. The number of aromatic nitrogens is 1. The van der Waals surface area contributed by atoms with E-state index in [0.29, 0.717) is 59.0 Å². The van der Waals surface area contributed by atoms with Crippen molar-refractivity contribution in [1.29, 1.82) is 0 Å². The van der Waals surface area contributed by atoms with Crippen molar-refractivity contribution >= 4 is 28.5 Å². The van der Waals surface area contributed by atoms with Gasteiger partial charge in [0.15, 0.2) is 11.5 Å². The second-order valence-electron chi connectivity index (χ2n) is 7.66. The monoisotopic (exact) mass is 451 g/mol. The van der Waals surface area contributed by atoms with Crippen molar-refractivity contribution in [3.8, 4) is 17.2 Å². The van der Waals surface area contributed by atoms with Gasteiger partial charge >= 0.3 is 5.97 Å². The number of carbonyl (C=O) groups is 2. The summed E-state index contributed by atoms with van der Waals surface area (Å²) >= 11 is 0. The van der Waals surface area contributed by atoms with E-state index < -0.39 is 5.97 Å². The molecule has 33 heavy (non-hydrogen) atoms. The van der Waals surface area contributed by atoms with Crippen molar-refractivity contribution in [3.63, 3.8) is 0 Å². The Morgan fingerprint density at radius 2 is 1.97 bits per heavy atom. The maximum absolute atomic E-state index is 12.9. The van der Waals surface area contributed by atoms with E-state index in [4.69, 9.17) is 19.9 Å². The minimum Gasteiger partial charge on any atom is -0.491 e. The quantitative estimate of drug-likeness (QED) is 0.499. The fourth-order valence-electron chi connectivity index (χ4n) is 3.80. The number of aromatic carboxylic acids is 1. The van der Waals surface area contributed by atoms with Crippen molar-refractivity contribution in [2.75, 3.05) is 25.6 Å². The molecule has 9 heteroatoms. The van der Waals surface area contributed by atoms with E-state index in [-0.39, 0.29) is 29.8 Å². The van der Waals surface area contributed by atoms with Gasteiger partial charge in [-0.05, 0) is 37.6 Å². The molecule has 0 saturated heterocycles. The van der Waals surface area contributed by atoms with Crippen LogP contribution >= 0.6 is 0 Å². The number of hydrogen-bond acceptors (Lipinski definition) is 7. The number of rotatable bonds is 7. The Bertz CT molecular complexity index is 1230. The van der Waals surface area contributed by atoms with E-state index >= 15 is 0 Å². The van der Waals surface area contributed by atoms with Gasteiger partial charge in [0.05, 0.1) is 33.9 Å². The van der Waals surface area contributed by atoms with Gasteiger partial charge in [-0.2, -0.15) is 0 Å². The van der Waals surface area contributed by atoms with Gasteiger partial charge in [0.2, 0.25) is 0 Å². The van der Waals surface area contributed by atoms with Crippen molar-refractivity contribution in [1.82, 2.24) is 10.3 Å². The summed E-state index contributed by atoms with van der Waals surface area (Å²) in [6.45, 7) is 4.51. The number of nitrogens with zero attached hydrogens (tertiary/aromatic N) is 1. The third-order valence-corrected chi connectivity index (χ3v) is 5.49. The molecule has 9 nitrogen and oxygen atoms in total. The van der Waals surface area contributed by atoms with Crippen LogP contribution in [0.25, 0.3) is 10.9 Å². The molecule has 0 radical (unpaired) electrons. The predicted molar refractivity (Wildman–Crippen MR) is 122 cm³/mol. The lowest BCUT2D eigenvalue weighted by Crippen LogP contribution is -2.39. The molecule has 4 N–H and O–H groups in total. The molecule has 1 aliphatic heterocycles. The maximum atomic E-state index is 12.9. The van der Waals surface area contributed by atoms with Crippen LogP contribution in [0.4, 0.5) is 5.69 Å². The molecule has 1 unspecified atom stereocenters. The third kappa shape index (κ3) is 4.34. The molecule has 2 aromatic carbocycles. The van der Waals surface area contributed by atoms with Gasteiger partial charge in [-0.25, -0.2) is 4.79 Å². The summed E-state index contributed by atoms with van der Waals surface area (Å²) in [6.07, 6.45) is 0.607. The lowest BCUT2D eigenvalue weighted by Gasteiger charge is -2.22. The molecule has 2 heterocycles. The summed E-state index contributed by atoms with van der Waals surface area (Å²) in [7, 11) is 0. The average Bonchev–Trinajstić information content (AvgIpc) is 2.80. The van der Waals surface area contributed by atoms with Crippen LogP contribution in [0.3, 0.4) is 0 Å². The van der Waals surface area contributed by atoms with Gasteiger partial charge in [0.25, 0.3) is 5.91 Å². The number of nitrogens with one attached hydrogen (secondary N) is 1. The molecule has 1 aromatic heterocycles. The first kappa shape index (κ1) is 22.2. The van der Waals surface area contributed by atoms with Crippen LogP contribution in [-0.4, -0.2) is 47.8 Å². The Kier molecular flexibility index (Phi) is 6.21. The number of carboxylic acids is 1. The van der Waals surface area contributed by atoms with Crippen LogP contribution in [0.2, 0.25) is 0 Å². The van der Waals surface area contributed by atoms with Crippen molar-refractivity contribution < 1.29 is 28.9 Å². The zero-order valence-electron chi connectivity index (χ0n) is 18.4. The fourth-order valence-corrected chi connectivity index (χ4v) is 3.80. The molecule has 0 aliphatic carbocycles. The van der Waals surface area contributed by atoms with Gasteiger partial charge in [-0.3, -0.25) is 9.78 Å². The second-order valence-corrected chi connectivity index (χ2v) is 7.66. The van der Waals surface area contributed by atoms with Crippen LogP contribution in [0, 0.1) is 6.92 Å². The molecule has 0 fully saturated rings. The molecule has 172 valence electrons. The minimum atomic E-state index is -1.15. The summed E-state index contributed by atoms with van der Waals surface area (Å²) in [5, 5.41) is 12.9. The summed E-state index contributed by atoms with van der Waals surface area (Å²) in [5.74, 6) is -0.0644. The largest absolute Gasteiger partial charge is 0.491 e. The lowest BCUT2D eigenvalue weighted by atomic mass is 10.1. The molecule has 1 atom stereocenters. The fraction of sp³-hybridized carbons (Fsp3) is 0.292. The molecular formula is C24H25N3O6. The number of anilines is 1. The zero-order valence-corrected chi connectivity index (χ0v) is 18.4. The summed E-state index contributed by atoms with van der Waals surface area (Å²) in [5.41, 5.74) is 7.51. The first-order valence-corrected chi connectivity index (χ1v) is 10.6. The predicted octanol–water partition coefficient (Wildman–Crippen LogP) is 3.18. The molecule has 1 aliphatic rings. The Hall–Kier alpha value is -4.01. The van der Waals surface area contributed by atoms with Crippen LogP contribution in [-0.2, 0) is 0 Å². The standard InChI is InChI=1S/C24H25N3O6/c1-3-14(27-23(28)15-6-4-9-18-22(15)32-11-10-31-18)12-33-17-8-5-7-16-20(17)21(25)19(24(29)30)13(2)26-16/h4-9,14H,3,10-12H2,1-2H3,(H2,25,26)(H,27,28)(H,29,30). The van der Waals surface area contributed by atoms with Crippen molar-refractivity contribution in [2.24, 2.45) is 0 Å². The highest BCUT2D eigenvalue weighted by molar-refractivity contribution is 6.06. The topological polar surface area (TPSA) is 133 Å². The van der Waals surface area contributed by atoms with E-state index in [1.807, 2.05) is 6.92 Å². The van der Waals surface area contributed by atoms with Gasteiger partial charge in [-0.15, -0.1) is 0 Å². The number of ether oxygens (including phenoxy) is 3. The second kappa shape index (κ2) is 9.23. The third-order valence-electron chi connectivity index (χ3n) is 5.49. The SMILES string of the molecule is CCC(COc1cccc2nc(C)c(C(=O)O)c(N)c12)NC(=O)c1cccc2c1OCCO2. The number of para-hydroxylation sites is 1. The Morgan fingerprint density at radius 1 is 1.21 bits per heavy atom. The Morgan fingerprint density at radius 3 is 2.73 bits per heavy atom. The zero-order chi connectivity index (χ0) is 23.5. The number of nitrogen functional groups attached to an aromatic ring is 1. The Balaban J connectivity index is 1.54.